The Hall–Kier alpha value is -1.46. The number of ether oxygens (including phenoxy) is 1. The molecule has 0 bridgehead atoms. The molecular formula is C13H18F2N2O. The Bertz CT molecular complexity index is 372. The van der Waals surface area contributed by atoms with E-state index in [-0.39, 0.29) is 11.8 Å². The summed E-state index contributed by atoms with van der Waals surface area (Å²) in [5, 5.41) is 3.18. The van der Waals surface area contributed by atoms with Crippen LogP contribution in [-0.4, -0.2) is 19.7 Å². The van der Waals surface area contributed by atoms with Crippen molar-refractivity contribution in [2.75, 3.05) is 13.1 Å². The third kappa shape index (κ3) is 4.43. The van der Waals surface area contributed by atoms with Crippen molar-refractivity contribution in [3.63, 3.8) is 0 Å². The summed E-state index contributed by atoms with van der Waals surface area (Å²) in [4.78, 5) is 0. The van der Waals surface area contributed by atoms with Gasteiger partial charge in [-0.25, -0.2) is 0 Å². The monoisotopic (exact) mass is 256 g/mol. The minimum absolute atomic E-state index is 0.161. The summed E-state index contributed by atoms with van der Waals surface area (Å²) >= 11 is 0. The van der Waals surface area contributed by atoms with E-state index in [0.29, 0.717) is 18.7 Å². The van der Waals surface area contributed by atoms with Gasteiger partial charge in [0.15, 0.2) is 0 Å². The van der Waals surface area contributed by atoms with Crippen molar-refractivity contribution in [2.45, 2.75) is 19.1 Å². The van der Waals surface area contributed by atoms with E-state index in [1.54, 1.807) is 24.3 Å². The van der Waals surface area contributed by atoms with E-state index in [1.807, 2.05) is 0 Å². The van der Waals surface area contributed by atoms with Crippen molar-refractivity contribution < 1.29 is 13.5 Å². The quantitative estimate of drug-likeness (QED) is 0.555. The molecule has 0 aliphatic heterocycles. The van der Waals surface area contributed by atoms with Gasteiger partial charge >= 0.3 is 6.61 Å². The van der Waals surface area contributed by atoms with Gasteiger partial charge < -0.3 is 15.8 Å². The number of halogens is 2. The van der Waals surface area contributed by atoms with Gasteiger partial charge in [-0.1, -0.05) is 24.3 Å². The van der Waals surface area contributed by atoms with Crippen LogP contribution in [0.25, 0.3) is 0 Å². The first kappa shape index (κ1) is 14.6. The molecule has 0 spiro atoms. The van der Waals surface area contributed by atoms with E-state index in [1.165, 1.54) is 6.07 Å². The van der Waals surface area contributed by atoms with Gasteiger partial charge in [0.1, 0.15) is 5.75 Å². The predicted molar refractivity (Wildman–Crippen MR) is 67.7 cm³/mol. The van der Waals surface area contributed by atoms with E-state index < -0.39 is 6.61 Å². The number of nitrogens with two attached hydrogens (primary N) is 1. The van der Waals surface area contributed by atoms with Gasteiger partial charge in [-0.15, -0.1) is 6.58 Å². The third-order valence-corrected chi connectivity index (χ3v) is 2.49. The highest BCUT2D eigenvalue weighted by molar-refractivity contribution is 5.36. The number of para-hydroxylation sites is 1. The van der Waals surface area contributed by atoms with Gasteiger partial charge in [-0.3, -0.25) is 0 Å². The maximum absolute atomic E-state index is 12.3. The molecule has 1 aromatic carbocycles. The molecule has 100 valence electrons. The van der Waals surface area contributed by atoms with Gasteiger partial charge in [-0.2, -0.15) is 8.78 Å². The zero-order valence-corrected chi connectivity index (χ0v) is 10.1. The molecule has 1 rings (SSSR count). The van der Waals surface area contributed by atoms with E-state index in [2.05, 4.69) is 16.6 Å². The molecule has 0 saturated carbocycles. The lowest BCUT2D eigenvalue weighted by atomic mass is 10.1. The van der Waals surface area contributed by atoms with Crippen LogP contribution in [-0.2, 0) is 0 Å². The lowest BCUT2D eigenvalue weighted by molar-refractivity contribution is -0.0507. The van der Waals surface area contributed by atoms with Gasteiger partial charge in [0.05, 0.1) is 0 Å². The second-order valence-corrected chi connectivity index (χ2v) is 3.74. The molecule has 1 aromatic rings. The molecule has 1 atom stereocenters. The first-order chi connectivity index (χ1) is 8.69. The fourth-order valence-corrected chi connectivity index (χ4v) is 1.65. The third-order valence-electron chi connectivity index (χ3n) is 2.49. The van der Waals surface area contributed by atoms with Crippen LogP contribution in [0.3, 0.4) is 0 Å². The van der Waals surface area contributed by atoms with E-state index in [0.717, 1.165) is 6.42 Å². The zero-order chi connectivity index (χ0) is 13.4. The molecule has 5 heteroatoms. The molecule has 0 amide bonds. The van der Waals surface area contributed by atoms with Crippen LogP contribution >= 0.6 is 0 Å². The second kappa shape index (κ2) is 7.79. The summed E-state index contributed by atoms with van der Waals surface area (Å²) in [6, 6.07) is 6.46. The van der Waals surface area contributed by atoms with Crippen LogP contribution in [0.5, 0.6) is 5.75 Å². The van der Waals surface area contributed by atoms with E-state index in [4.69, 9.17) is 5.73 Å². The minimum Gasteiger partial charge on any atom is -0.434 e. The molecule has 18 heavy (non-hydrogen) atoms. The Labute approximate surface area is 106 Å². The molecule has 0 saturated heterocycles. The average molecular weight is 256 g/mol. The molecular weight excluding hydrogens is 238 g/mol. The minimum atomic E-state index is -2.84. The maximum Gasteiger partial charge on any atom is 0.387 e. The Balaban J connectivity index is 2.80. The van der Waals surface area contributed by atoms with Crippen molar-refractivity contribution in [2.24, 2.45) is 5.73 Å². The summed E-state index contributed by atoms with van der Waals surface area (Å²) in [5.74, 6) is 0.161. The molecule has 0 fully saturated rings. The number of benzene rings is 1. The predicted octanol–water partition coefficient (Wildman–Crippen LogP) is 2.45. The van der Waals surface area contributed by atoms with Crippen LogP contribution < -0.4 is 15.8 Å². The molecule has 0 aliphatic rings. The molecule has 0 heterocycles. The number of hydrogen-bond acceptors (Lipinski definition) is 3. The smallest absolute Gasteiger partial charge is 0.387 e. The molecule has 3 N–H and O–H groups in total. The number of rotatable bonds is 8. The van der Waals surface area contributed by atoms with E-state index >= 15 is 0 Å². The summed E-state index contributed by atoms with van der Waals surface area (Å²) in [7, 11) is 0. The molecule has 0 aliphatic carbocycles. The van der Waals surface area contributed by atoms with Crippen molar-refractivity contribution in [3.05, 3.63) is 42.5 Å². The topological polar surface area (TPSA) is 47.3 Å². The first-order valence-electron chi connectivity index (χ1n) is 5.77. The van der Waals surface area contributed by atoms with Crippen molar-refractivity contribution in [3.8, 4) is 5.75 Å². The first-order valence-corrected chi connectivity index (χ1v) is 5.77. The highest BCUT2D eigenvalue weighted by atomic mass is 19.3. The van der Waals surface area contributed by atoms with Gasteiger partial charge in [0.2, 0.25) is 0 Å². The van der Waals surface area contributed by atoms with Crippen LogP contribution in [0, 0.1) is 0 Å². The Morgan fingerprint density at radius 3 is 2.72 bits per heavy atom. The molecule has 0 aromatic heterocycles. The van der Waals surface area contributed by atoms with Crippen LogP contribution in [0.15, 0.2) is 36.9 Å². The second-order valence-electron chi connectivity index (χ2n) is 3.74. The maximum atomic E-state index is 12.3. The molecule has 0 radical (unpaired) electrons. The molecule has 3 nitrogen and oxygen atoms in total. The summed E-state index contributed by atoms with van der Waals surface area (Å²) in [6.07, 6.45) is 2.57. The SMILES string of the molecule is C=CCCNC(CN)c1ccccc1OC(F)F. The number of nitrogens with one attached hydrogen (secondary N) is 1. The van der Waals surface area contributed by atoms with Crippen molar-refractivity contribution in [1.82, 2.24) is 5.32 Å². The van der Waals surface area contributed by atoms with Crippen molar-refractivity contribution in [1.29, 1.82) is 0 Å². The molecule has 1 unspecified atom stereocenters. The highest BCUT2D eigenvalue weighted by Crippen LogP contribution is 2.25. The average Bonchev–Trinajstić information content (AvgIpc) is 2.35. The lowest BCUT2D eigenvalue weighted by Gasteiger charge is -2.20. The van der Waals surface area contributed by atoms with Crippen LogP contribution in [0.1, 0.15) is 18.0 Å². The van der Waals surface area contributed by atoms with Gasteiger partial charge in [0, 0.05) is 18.2 Å². The Morgan fingerprint density at radius 2 is 2.11 bits per heavy atom. The standard InChI is InChI=1S/C13H18F2N2O/c1-2-3-8-17-11(9-16)10-6-4-5-7-12(10)18-13(14)15/h2,4-7,11,13,17H,1,3,8-9,16H2. The Morgan fingerprint density at radius 1 is 1.39 bits per heavy atom. The normalized spacial score (nSPS) is 12.4. The van der Waals surface area contributed by atoms with Gasteiger partial charge in [-0.05, 0) is 19.0 Å². The largest absolute Gasteiger partial charge is 0.434 e. The zero-order valence-electron chi connectivity index (χ0n) is 10.1. The van der Waals surface area contributed by atoms with Crippen molar-refractivity contribution >= 4 is 0 Å². The summed E-state index contributed by atoms with van der Waals surface area (Å²) < 4.78 is 29.1. The fourth-order valence-electron chi connectivity index (χ4n) is 1.65. The van der Waals surface area contributed by atoms with Crippen LogP contribution in [0.2, 0.25) is 0 Å². The highest BCUT2D eigenvalue weighted by Gasteiger charge is 2.16. The summed E-state index contributed by atoms with van der Waals surface area (Å²) in [6.45, 7) is 1.78. The van der Waals surface area contributed by atoms with E-state index in [9.17, 15) is 8.78 Å². The fraction of sp³-hybridized carbons (Fsp3) is 0.385. The number of alkyl halides is 2. The Kier molecular flexibility index (Phi) is 6.32. The van der Waals surface area contributed by atoms with Gasteiger partial charge in [0.25, 0.3) is 0 Å². The lowest BCUT2D eigenvalue weighted by Crippen LogP contribution is -2.29. The number of hydrogen-bond donors (Lipinski definition) is 2. The summed E-state index contributed by atoms with van der Waals surface area (Å²) in [5.41, 5.74) is 6.30. The van der Waals surface area contributed by atoms with Crippen LogP contribution in [0.4, 0.5) is 8.78 Å².